The summed E-state index contributed by atoms with van der Waals surface area (Å²) in [6.07, 6.45) is 5.67. The number of thiazole rings is 1. The largest absolute Gasteiger partial charge is 0.340 e. The van der Waals surface area contributed by atoms with Crippen molar-refractivity contribution in [2.75, 3.05) is 19.6 Å². The Morgan fingerprint density at radius 1 is 1.39 bits per heavy atom. The lowest BCUT2D eigenvalue weighted by Crippen LogP contribution is -2.36. The number of likely N-dealkylation sites (tertiary alicyclic amines) is 1. The Hall–Kier alpha value is -1.31. The van der Waals surface area contributed by atoms with Gasteiger partial charge in [0.15, 0.2) is 5.82 Å². The van der Waals surface area contributed by atoms with Crippen molar-refractivity contribution >= 4 is 11.3 Å². The molecule has 0 saturated carbocycles. The molecular formula is C16H25N5OS. The molecule has 2 aromatic rings. The van der Waals surface area contributed by atoms with E-state index in [4.69, 9.17) is 4.52 Å². The van der Waals surface area contributed by atoms with Crippen molar-refractivity contribution < 1.29 is 4.52 Å². The van der Waals surface area contributed by atoms with E-state index in [1.165, 1.54) is 30.7 Å². The van der Waals surface area contributed by atoms with E-state index in [2.05, 4.69) is 31.8 Å². The van der Waals surface area contributed by atoms with Gasteiger partial charge in [0.1, 0.15) is 0 Å². The summed E-state index contributed by atoms with van der Waals surface area (Å²) in [5.74, 6) is 1.45. The summed E-state index contributed by atoms with van der Waals surface area (Å²) < 4.78 is 5.10. The number of aromatic nitrogens is 3. The van der Waals surface area contributed by atoms with Crippen LogP contribution < -0.4 is 0 Å². The number of hydrogen-bond donors (Lipinski definition) is 0. The van der Waals surface area contributed by atoms with Crippen molar-refractivity contribution in [2.45, 2.75) is 52.2 Å². The average molecular weight is 335 g/mol. The van der Waals surface area contributed by atoms with Gasteiger partial charge in [-0.2, -0.15) is 4.98 Å². The van der Waals surface area contributed by atoms with Crippen molar-refractivity contribution in [1.29, 1.82) is 0 Å². The van der Waals surface area contributed by atoms with Crippen molar-refractivity contribution in [1.82, 2.24) is 24.9 Å². The highest BCUT2D eigenvalue weighted by atomic mass is 32.1. The molecule has 0 N–H and O–H groups in total. The Morgan fingerprint density at radius 2 is 2.30 bits per heavy atom. The lowest BCUT2D eigenvalue weighted by Gasteiger charge is -2.28. The molecule has 3 rings (SSSR count). The molecule has 126 valence electrons. The molecule has 23 heavy (non-hydrogen) atoms. The lowest BCUT2D eigenvalue weighted by atomic mass is 10.1. The Labute approximate surface area is 141 Å². The molecule has 3 heterocycles. The second-order valence-electron chi connectivity index (χ2n) is 6.12. The van der Waals surface area contributed by atoms with Crippen LogP contribution in [0.4, 0.5) is 0 Å². The van der Waals surface area contributed by atoms with E-state index < -0.39 is 0 Å². The molecule has 0 radical (unpaired) electrons. The van der Waals surface area contributed by atoms with Crippen LogP contribution in [0.1, 0.15) is 42.8 Å². The van der Waals surface area contributed by atoms with Gasteiger partial charge in [-0.25, -0.2) is 0 Å². The third-order valence-electron chi connectivity index (χ3n) is 4.49. The van der Waals surface area contributed by atoms with Crippen molar-refractivity contribution in [3.63, 3.8) is 0 Å². The molecule has 0 amide bonds. The van der Waals surface area contributed by atoms with E-state index >= 15 is 0 Å². The predicted octanol–water partition coefficient (Wildman–Crippen LogP) is 2.71. The van der Waals surface area contributed by atoms with Crippen LogP contribution in [-0.2, 0) is 13.1 Å². The molecule has 1 atom stereocenters. The van der Waals surface area contributed by atoms with Gasteiger partial charge in [0.05, 0.1) is 12.1 Å². The third kappa shape index (κ3) is 4.59. The Kier molecular flexibility index (Phi) is 5.75. The molecule has 6 nitrogen and oxygen atoms in total. The number of aryl methyl sites for hydroxylation is 1. The minimum absolute atomic E-state index is 0.602. The smallest absolute Gasteiger partial charge is 0.223 e. The van der Waals surface area contributed by atoms with Crippen molar-refractivity contribution in [3.8, 4) is 0 Å². The normalized spacial score (nSPS) is 20.0. The second kappa shape index (κ2) is 7.99. The summed E-state index contributed by atoms with van der Waals surface area (Å²) in [4.78, 5) is 14.9. The first-order valence-corrected chi connectivity index (χ1v) is 9.25. The average Bonchev–Trinajstić information content (AvgIpc) is 3.14. The van der Waals surface area contributed by atoms with Gasteiger partial charge in [-0.3, -0.25) is 14.8 Å². The fraction of sp³-hybridized carbons (Fsp3) is 0.688. The van der Waals surface area contributed by atoms with Gasteiger partial charge in [0.2, 0.25) is 5.89 Å². The molecule has 0 aromatic carbocycles. The highest BCUT2D eigenvalue weighted by Gasteiger charge is 2.23. The number of nitrogens with zero attached hydrogens (tertiary/aromatic N) is 5. The van der Waals surface area contributed by atoms with Crippen LogP contribution in [0.5, 0.6) is 0 Å². The fourth-order valence-electron chi connectivity index (χ4n) is 3.29. The molecule has 1 saturated heterocycles. The minimum atomic E-state index is 0.602. The zero-order chi connectivity index (χ0) is 16.1. The van der Waals surface area contributed by atoms with Crippen molar-refractivity contribution in [3.05, 3.63) is 28.3 Å². The van der Waals surface area contributed by atoms with Gasteiger partial charge in [-0.1, -0.05) is 12.1 Å². The molecular weight excluding hydrogens is 310 g/mol. The van der Waals surface area contributed by atoms with Crippen LogP contribution in [0.15, 0.2) is 16.2 Å². The van der Waals surface area contributed by atoms with E-state index in [1.54, 1.807) is 11.3 Å². The Bertz CT molecular complexity index is 585. The molecule has 0 aliphatic carbocycles. The summed E-state index contributed by atoms with van der Waals surface area (Å²) in [5.41, 5.74) is 1.92. The molecule has 0 bridgehead atoms. The highest BCUT2D eigenvalue weighted by Crippen LogP contribution is 2.20. The molecule has 2 aromatic heterocycles. The maximum Gasteiger partial charge on any atom is 0.223 e. The van der Waals surface area contributed by atoms with E-state index in [0.29, 0.717) is 11.9 Å². The summed E-state index contributed by atoms with van der Waals surface area (Å²) in [6.45, 7) is 9.22. The molecule has 0 spiro atoms. The molecule has 1 aliphatic heterocycles. The predicted molar refractivity (Wildman–Crippen MR) is 90.1 cm³/mol. The van der Waals surface area contributed by atoms with Crippen LogP contribution in [0, 0.1) is 6.92 Å². The Morgan fingerprint density at radius 3 is 3.00 bits per heavy atom. The second-order valence-corrected chi connectivity index (χ2v) is 7.09. The SMILES string of the molecule is CCN(Cc1noc(C)n1)[C@@H]1CCCN(Cc2cncs2)CC1. The van der Waals surface area contributed by atoms with Gasteiger partial charge in [-0.15, -0.1) is 11.3 Å². The first-order chi connectivity index (χ1) is 11.2. The monoisotopic (exact) mass is 335 g/mol. The Balaban J connectivity index is 1.55. The van der Waals surface area contributed by atoms with Gasteiger partial charge in [-0.05, 0) is 32.4 Å². The van der Waals surface area contributed by atoms with Gasteiger partial charge < -0.3 is 4.52 Å². The summed E-state index contributed by atoms with van der Waals surface area (Å²) in [6, 6.07) is 0.602. The quantitative estimate of drug-likeness (QED) is 0.809. The summed E-state index contributed by atoms with van der Waals surface area (Å²) in [5, 5.41) is 4.04. The minimum Gasteiger partial charge on any atom is -0.340 e. The standard InChI is InChI=1S/C16H25N5OS/c1-3-21(11-16-18-13(2)22-19-16)14-5-4-7-20(8-6-14)10-15-9-17-12-23-15/h9,12,14H,3-8,10-11H2,1-2H3/t14-/m1/s1. The summed E-state index contributed by atoms with van der Waals surface area (Å²) >= 11 is 1.75. The van der Waals surface area contributed by atoms with Crippen LogP contribution in [0.3, 0.4) is 0 Å². The van der Waals surface area contributed by atoms with E-state index in [1.807, 2.05) is 18.6 Å². The van der Waals surface area contributed by atoms with Gasteiger partial charge in [0, 0.05) is 37.1 Å². The van der Waals surface area contributed by atoms with Gasteiger partial charge >= 0.3 is 0 Å². The van der Waals surface area contributed by atoms with Crippen LogP contribution in [-0.4, -0.2) is 50.6 Å². The fourth-order valence-corrected chi connectivity index (χ4v) is 3.92. The van der Waals surface area contributed by atoms with Gasteiger partial charge in [0.25, 0.3) is 0 Å². The topological polar surface area (TPSA) is 58.3 Å². The molecule has 7 heteroatoms. The van der Waals surface area contributed by atoms with Crippen LogP contribution in [0.2, 0.25) is 0 Å². The third-order valence-corrected chi connectivity index (χ3v) is 5.25. The zero-order valence-corrected chi connectivity index (χ0v) is 14.8. The molecule has 1 aliphatic rings. The summed E-state index contributed by atoms with van der Waals surface area (Å²) in [7, 11) is 0. The molecule has 0 unspecified atom stereocenters. The van der Waals surface area contributed by atoms with E-state index in [9.17, 15) is 0 Å². The maximum absolute atomic E-state index is 5.10. The van der Waals surface area contributed by atoms with Crippen LogP contribution in [0.25, 0.3) is 0 Å². The molecule has 1 fully saturated rings. The zero-order valence-electron chi connectivity index (χ0n) is 13.9. The van der Waals surface area contributed by atoms with E-state index in [-0.39, 0.29) is 0 Å². The number of hydrogen-bond acceptors (Lipinski definition) is 7. The number of rotatable bonds is 6. The van der Waals surface area contributed by atoms with Crippen molar-refractivity contribution in [2.24, 2.45) is 0 Å². The first-order valence-electron chi connectivity index (χ1n) is 8.37. The highest BCUT2D eigenvalue weighted by molar-refractivity contribution is 7.09. The van der Waals surface area contributed by atoms with Crippen LogP contribution >= 0.6 is 11.3 Å². The van der Waals surface area contributed by atoms with E-state index in [0.717, 1.165) is 32.0 Å². The maximum atomic E-state index is 5.10. The lowest BCUT2D eigenvalue weighted by molar-refractivity contribution is 0.170. The first kappa shape index (κ1) is 16.5.